The number of amides is 2. The summed E-state index contributed by atoms with van der Waals surface area (Å²) in [4.78, 5) is 22.9. The molecule has 0 aromatic carbocycles. The molecule has 2 N–H and O–H groups in total. The van der Waals surface area contributed by atoms with Crippen molar-refractivity contribution in [1.82, 2.24) is 10.6 Å². The number of carbonyl (C=O) groups excluding carboxylic acids is 2. The summed E-state index contributed by atoms with van der Waals surface area (Å²) < 4.78 is 0. The van der Waals surface area contributed by atoms with Gasteiger partial charge in [-0.25, -0.2) is 0 Å². The Morgan fingerprint density at radius 2 is 1.81 bits per heavy atom. The fourth-order valence-corrected chi connectivity index (χ4v) is 2.54. The molecule has 1 atom stereocenters. The maximum atomic E-state index is 11.8. The molecule has 1 saturated carbocycles. The van der Waals surface area contributed by atoms with Crippen LogP contribution in [0.15, 0.2) is 0 Å². The van der Waals surface area contributed by atoms with Crippen molar-refractivity contribution in [3.8, 4) is 0 Å². The molecular weight excluding hydrogens is 204 g/mol. The van der Waals surface area contributed by atoms with Crippen molar-refractivity contribution in [2.24, 2.45) is 0 Å². The van der Waals surface area contributed by atoms with Crippen LogP contribution in [0.2, 0.25) is 0 Å². The van der Waals surface area contributed by atoms with Gasteiger partial charge >= 0.3 is 0 Å². The number of hydrogen-bond acceptors (Lipinski definition) is 2. The average molecular weight is 224 g/mol. The van der Waals surface area contributed by atoms with Gasteiger partial charge in [0, 0.05) is 12.5 Å². The second-order valence-electron chi connectivity index (χ2n) is 4.86. The lowest BCUT2D eigenvalue weighted by molar-refractivity contribution is -0.126. The standard InChI is InChI=1S/C12H20N2O2/c15-11-8-7-10(14-11)12(16)13-9-5-3-1-2-4-6-9/h9-10H,1-8H2,(H,13,16)(H,14,15)/t10-/m0/s1. The van der Waals surface area contributed by atoms with Crippen LogP contribution in [0.3, 0.4) is 0 Å². The van der Waals surface area contributed by atoms with Crippen LogP contribution < -0.4 is 10.6 Å². The van der Waals surface area contributed by atoms with E-state index < -0.39 is 0 Å². The van der Waals surface area contributed by atoms with E-state index in [4.69, 9.17) is 0 Å². The van der Waals surface area contributed by atoms with E-state index in [1.807, 2.05) is 0 Å². The van der Waals surface area contributed by atoms with Crippen LogP contribution >= 0.6 is 0 Å². The Balaban J connectivity index is 1.79. The van der Waals surface area contributed by atoms with Crippen molar-refractivity contribution >= 4 is 11.8 Å². The molecule has 1 saturated heterocycles. The molecule has 1 heterocycles. The first kappa shape index (κ1) is 11.4. The van der Waals surface area contributed by atoms with Crippen molar-refractivity contribution in [3.05, 3.63) is 0 Å². The van der Waals surface area contributed by atoms with Gasteiger partial charge in [0.1, 0.15) is 6.04 Å². The zero-order valence-corrected chi connectivity index (χ0v) is 9.63. The van der Waals surface area contributed by atoms with Gasteiger partial charge in [0.15, 0.2) is 0 Å². The molecule has 0 unspecified atom stereocenters. The number of hydrogen-bond donors (Lipinski definition) is 2. The highest BCUT2D eigenvalue weighted by Crippen LogP contribution is 2.17. The molecule has 0 spiro atoms. The topological polar surface area (TPSA) is 58.2 Å². The predicted octanol–water partition coefficient (Wildman–Crippen LogP) is 1.10. The highest BCUT2D eigenvalue weighted by atomic mass is 16.2. The fourth-order valence-electron chi connectivity index (χ4n) is 2.54. The van der Waals surface area contributed by atoms with E-state index in [9.17, 15) is 9.59 Å². The molecule has 0 aromatic heterocycles. The maximum absolute atomic E-state index is 11.8. The van der Waals surface area contributed by atoms with E-state index in [1.165, 1.54) is 25.7 Å². The Kier molecular flexibility index (Phi) is 3.80. The summed E-state index contributed by atoms with van der Waals surface area (Å²) in [6.45, 7) is 0. The van der Waals surface area contributed by atoms with E-state index >= 15 is 0 Å². The van der Waals surface area contributed by atoms with Gasteiger partial charge in [-0.2, -0.15) is 0 Å². The van der Waals surface area contributed by atoms with Crippen LogP contribution in [0.1, 0.15) is 51.4 Å². The number of carbonyl (C=O) groups is 2. The third kappa shape index (κ3) is 2.97. The summed E-state index contributed by atoms with van der Waals surface area (Å²) in [5.74, 6) is 0.0127. The Hall–Kier alpha value is -1.06. The second kappa shape index (κ2) is 5.32. The summed E-state index contributed by atoms with van der Waals surface area (Å²) in [6, 6.07) is 0.0447. The highest BCUT2D eigenvalue weighted by Gasteiger charge is 2.28. The van der Waals surface area contributed by atoms with Crippen LogP contribution in [0, 0.1) is 0 Å². The first-order valence-electron chi connectivity index (χ1n) is 6.35. The zero-order chi connectivity index (χ0) is 11.4. The van der Waals surface area contributed by atoms with Crippen LogP contribution in [0.4, 0.5) is 0 Å². The zero-order valence-electron chi connectivity index (χ0n) is 9.63. The predicted molar refractivity (Wildman–Crippen MR) is 60.8 cm³/mol. The van der Waals surface area contributed by atoms with E-state index in [0.29, 0.717) is 18.9 Å². The number of nitrogens with one attached hydrogen (secondary N) is 2. The smallest absolute Gasteiger partial charge is 0.242 e. The van der Waals surface area contributed by atoms with Gasteiger partial charge in [-0.15, -0.1) is 0 Å². The maximum Gasteiger partial charge on any atom is 0.242 e. The van der Waals surface area contributed by atoms with Crippen molar-refractivity contribution in [2.75, 3.05) is 0 Å². The van der Waals surface area contributed by atoms with E-state index in [0.717, 1.165) is 12.8 Å². The minimum absolute atomic E-state index is 0.000941. The third-order valence-electron chi connectivity index (χ3n) is 3.51. The molecule has 2 rings (SSSR count). The van der Waals surface area contributed by atoms with Gasteiger partial charge in [0.2, 0.25) is 11.8 Å². The molecule has 2 amide bonds. The van der Waals surface area contributed by atoms with Crippen LogP contribution in [-0.4, -0.2) is 23.9 Å². The molecule has 0 aromatic rings. The van der Waals surface area contributed by atoms with Crippen molar-refractivity contribution in [1.29, 1.82) is 0 Å². The quantitative estimate of drug-likeness (QED) is 0.690. The summed E-state index contributed by atoms with van der Waals surface area (Å²) in [6.07, 6.45) is 8.31. The average Bonchev–Trinajstić information content (AvgIpc) is 2.54. The van der Waals surface area contributed by atoms with E-state index in [2.05, 4.69) is 10.6 Å². The minimum atomic E-state index is -0.282. The van der Waals surface area contributed by atoms with Crippen LogP contribution in [-0.2, 0) is 9.59 Å². The molecule has 2 fully saturated rings. The molecule has 1 aliphatic heterocycles. The van der Waals surface area contributed by atoms with Crippen LogP contribution in [0.25, 0.3) is 0 Å². The first-order chi connectivity index (χ1) is 7.75. The van der Waals surface area contributed by atoms with Gasteiger partial charge in [0.05, 0.1) is 0 Å². The Morgan fingerprint density at radius 1 is 1.12 bits per heavy atom. The lowest BCUT2D eigenvalue weighted by Crippen LogP contribution is -2.45. The Labute approximate surface area is 96.2 Å². The second-order valence-corrected chi connectivity index (χ2v) is 4.86. The van der Waals surface area contributed by atoms with Crippen LogP contribution in [0.5, 0.6) is 0 Å². The monoisotopic (exact) mass is 224 g/mol. The number of rotatable bonds is 2. The SMILES string of the molecule is O=C1CC[C@@H](C(=O)NC2CCCCCC2)N1. The molecule has 4 nitrogen and oxygen atoms in total. The summed E-state index contributed by atoms with van der Waals surface area (Å²) in [5.41, 5.74) is 0. The molecule has 16 heavy (non-hydrogen) atoms. The lowest BCUT2D eigenvalue weighted by Gasteiger charge is -2.18. The molecule has 0 bridgehead atoms. The Bertz CT molecular complexity index is 270. The van der Waals surface area contributed by atoms with Gasteiger partial charge in [-0.05, 0) is 19.3 Å². The Morgan fingerprint density at radius 3 is 2.38 bits per heavy atom. The van der Waals surface area contributed by atoms with Gasteiger partial charge < -0.3 is 10.6 Å². The molecule has 1 aliphatic carbocycles. The molecular formula is C12H20N2O2. The van der Waals surface area contributed by atoms with E-state index in [1.54, 1.807) is 0 Å². The first-order valence-corrected chi connectivity index (χ1v) is 6.35. The minimum Gasteiger partial charge on any atom is -0.352 e. The van der Waals surface area contributed by atoms with E-state index in [-0.39, 0.29) is 17.9 Å². The third-order valence-corrected chi connectivity index (χ3v) is 3.51. The summed E-state index contributed by atoms with van der Waals surface area (Å²) in [7, 11) is 0. The lowest BCUT2D eigenvalue weighted by atomic mass is 10.1. The molecule has 90 valence electrons. The fraction of sp³-hybridized carbons (Fsp3) is 0.833. The largest absolute Gasteiger partial charge is 0.352 e. The summed E-state index contributed by atoms with van der Waals surface area (Å²) >= 11 is 0. The highest BCUT2D eigenvalue weighted by molar-refractivity contribution is 5.90. The molecule has 4 heteroatoms. The van der Waals surface area contributed by atoms with Crippen molar-refractivity contribution in [2.45, 2.75) is 63.5 Å². The summed E-state index contributed by atoms with van der Waals surface area (Å²) in [5, 5.41) is 5.78. The van der Waals surface area contributed by atoms with Crippen molar-refractivity contribution < 1.29 is 9.59 Å². The van der Waals surface area contributed by atoms with Crippen molar-refractivity contribution in [3.63, 3.8) is 0 Å². The molecule has 0 radical (unpaired) electrons. The normalized spacial score (nSPS) is 27.2. The molecule has 2 aliphatic rings. The van der Waals surface area contributed by atoms with Gasteiger partial charge in [-0.3, -0.25) is 9.59 Å². The van der Waals surface area contributed by atoms with Gasteiger partial charge in [0.25, 0.3) is 0 Å². The van der Waals surface area contributed by atoms with Gasteiger partial charge in [-0.1, -0.05) is 25.7 Å².